The number of ether oxygens (including phenoxy) is 1. The van der Waals surface area contributed by atoms with E-state index in [0.29, 0.717) is 22.7 Å². The number of fused-ring (bicyclic) bond motifs is 1. The highest BCUT2D eigenvalue weighted by atomic mass is 35.5. The van der Waals surface area contributed by atoms with Crippen LogP contribution >= 0.6 is 11.6 Å². The van der Waals surface area contributed by atoms with Crippen molar-refractivity contribution in [2.75, 3.05) is 4.90 Å². The van der Waals surface area contributed by atoms with Crippen molar-refractivity contribution < 1.29 is 19.4 Å². The molecule has 5 rings (SSSR count). The number of hydrogen-bond donors (Lipinski definition) is 1. The molecule has 3 aromatic rings. The number of aliphatic hydroxyl groups is 1. The number of hydrogen-bond acceptors (Lipinski definition) is 4. The van der Waals surface area contributed by atoms with E-state index in [1.165, 1.54) is 4.90 Å². The zero-order chi connectivity index (χ0) is 23.3. The van der Waals surface area contributed by atoms with Crippen LogP contribution in [-0.2, 0) is 16.0 Å². The van der Waals surface area contributed by atoms with Gasteiger partial charge >= 0.3 is 0 Å². The molecule has 0 radical (unpaired) electrons. The van der Waals surface area contributed by atoms with Crippen LogP contribution in [0.1, 0.15) is 35.2 Å². The molecule has 33 heavy (non-hydrogen) atoms. The van der Waals surface area contributed by atoms with Crippen molar-refractivity contribution in [2.24, 2.45) is 0 Å². The van der Waals surface area contributed by atoms with E-state index in [4.69, 9.17) is 16.3 Å². The average Bonchev–Trinajstić information content (AvgIpc) is 3.31. The molecule has 2 unspecified atom stereocenters. The van der Waals surface area contributed by atoms with Crippen molar-refractivity contribution >= 4 is 34.7 Å². The first-order chi connectivity index (χ1) is 15.8. The van der Waals surface area contributed by atoms with Crippen LogP contribution in [0, 0.1) is 6.92 Å². The number of halogens is 1. The zero-order valence-electron chi connectivity index (χ0n) is 18.2. The normalized spacial score (nSPS) is 21.2. The van der Waals surface area contributed by atoms with Crippen molar-refractivity contribution in [1.82, 2.24) is 0 Å². The summed E-state index contributed by atoms with van der Waals surface area (Å²) >= 11 is 6.24. The highest BCUT2D eigenvalue weighted by Crippen LogP contribution is 2.44. The maximum Gasteiger partial charge on any atom is 0.300 e. The van der Waals surface area contributed by atoms with Crippen molar-refractivity contribution in [1.29, 1.82) is 0 Å². The predicted molar refractivity (Wildman–Crippen MR) is 128 cm³/mol. The Hall–Kier alpha value is -3.57. The molecule has 2 heterocycles. The lowest BCUT2D eigenvalue weighted by atomic mass is 9.94. The van der Waals surface area contributed by atoms with Crippen molar-refractivity contribution in [3.8, 4) is 5.75 Å². The minimum atomic E-state index is -0.785. The fourth-order valence-electron chi connectivity index (χ4n) is 4.60. The molecular formula is C27H22ClNO4. The van der Waals surface area contributed by atoms with Gasteiger partial charge in [0.05, 0.1) is 11.6 Å². The van der Waals surface area contributed by atoms with Crippen LogP contribution in [0.5, 0.6) is 5.75 Å². The van der Waals surface area contributed by atoms with Crippen molar-refractivity contribution in [3.05, 3.63) is 99.6 Å². The summed E-state index contributed by atoms with van der Waals surface area (Å²) in [6.07, 6.45) is 0.771. The smallest absolute Gasteiger partial charge is 0.300 e. The Bertz CT molecular complexity index is 1310. The molecule has 2 atom stereocenters. The van der Waals surface area contributed by atoms with E-state index >= 15 is 0 Å². The first-order valence-electron chi connectivity index (χ1n) is 10.8. The highest BCUT2D eigenvalue weighted by molar-refractivity contribution is 6.52. The van der Waals surface area contributed by atoms with Gasteiger partial charge in [0.15, 0.2) is 0 Å². The molecule has 2 aliphatic heterocycles. The molecule has 1 N–H and O–H groups in total. The van der Waals surface area contributed by atoms with Crippen molar-refractivity contribution in [2.45, 2.75) is 32.4 Å². The predicted octanol–water partition coefficient (Wildman–Crippen LogP) is 5.60. The minimum absolute atomic E-state index is 0.0532. The largest absolute Gasteiger partial charge is 0.507 e. The molecule has 5 nitrogen and oxygen atoms in total. The maximum absolute atomic E-state index is 13.3. The SMILES string of the molecule is Cc1ccc(Cl)cc1N1C(=O)C(=O)/C(=C(\O)c2ccc3c(c2)CC(C)O3)C1c1ccccc1. The van der Waals surface area contributed by atoms with E-state index in [1.807, 2.05) is 50.2 Å². The third kappa shape index (κ3) is 3.58. The molecule has 1 amide bonds. The Morgan fingerprint density at radius 2 is 1.82 bits per heavy atom. The summed E-state index contributed by atoms with van der Waals surface area (Å²) in [6, 6.07) is 19.0. The van der Waals surface area contributed by atoms with Crippen LogP contribution in [-0.4, -0.2) is 22.9 Å². The van der Waals surface area contributed by atoms with Gasteiger partial charge in [-0.15, -0.1) is 0 Å². The number of rotatable bonds is 3. The van der Waals surface area contributed by atoms with Crippen LogP contribution in [0.15, 0.2) is 72.3 Å². The molecule has 2 aliphatic rings. The third-order valence-corrected chi connectivity index (χ3v) is 6.39. The van der Waals surface area contributed by atoms with Gasteiger partial charge in [-0.3, -0.25) is 14.5 Å². The number of carbonyl (C=O) groups is 2. The van der Waals surface area contributed by atoms with Gasteiger partial charge in [-0.05, 0) is 60.9 Å². The van der Waals surface area contributed by atoms with Gasteiger partial charge in [-0.2, -0.15) is 0 Å². The molecule has 0 spiro atoms. The zero-order valence-corrected chi connectivity index (χ0v) is 19.0. The number of benzene rings is 3. The van der Waals surface area contributed by atoms with E-state index < -0.39 is 17.7 Å². The number of amides is 1. The van der Waals surface area contributed by atoms with Crippen LogP contribution in [0.2, 0.25) is 5.02 Å². The molecule has 1 fully saturated rings. The monoisotopic (exact) mass is 459 g/mol. The Kier molecular flexibility index (Phi) is 5.22. The molecule has 1 saturated heterocycles. The van der Waals surface area contributed by atoms with Gasteiger partial charge in [-0.1, -0.05) is 48.0 Å². The standard InChI is InChI=1S/C27H22ClNO4/c1-15-8-10-20(28)14-21(15)29-24(17-6-4-3-5-7-17)23(26(31)27(29)32)25(30)18-9-11-22-19(13-18)12-16(2)33-22/h3-11,13-14,16,24,30H,12H2,1-2H3/b25-23-. The Morgan fingerprint density at radius 3 is 2.58 bits per heavy atom. The van der Waals surface area contributed by atoms with Crippen LogP contribution in [0.25, 0.3) is 5.76 Å². The first-order valence-corrected chi connectivity index (χ1v) is 11.1. The second-order valence-corrected chi connectivity index (χ2v) is 8.90. The minimum Gasteiger partial charge on any atom is -0.507 e. The molecule has 3 aromatic carbocycles. The summed E-state index contributed by atoms with van der Waals surface area (Å²) in [4.78, 5) is 28.0. The van der Waals surface area contributed by atoms with E-state index in [0.717, 1.165) is 22.4 Å². The van der Waals surface area contributed by atoms with E-state index in [-0.39, 0.29) is 17.4 Å². The lowest BCUT2D eigenvalue weighted by Crippen LogP contribution is -2.30. The molecule has 166 valence electrons. The number of Topliss-reactive ketones (excluding diaryl/α,β-unsaturated/α-hetero) is 1. The van der Waals surface area contributed by atoms with E-state index in [2.05, 4.69) is 0 Å². The lowest BCUT2D eigenvalue weighted by molar-refractivity contribution is -0.132. The number of anilines is 1. The topological polar surface area (TPSA) is 66.8 Å². The van der Waals surface area contributed by atoms with E-state index in [9.17, 15) is 14.7 Å². The molecule has 0 bridgehead atoms. The van der Waals surface area contributed by atoms with Crippen LogP contribution in [0.4, 0.5) is 5.69 Å². The highest BCUT2D eigenvalue weighted by Gasteiger charge is 2.47. The summed E-state index contributed by atoms with van der Waals surface area (Å²) in [5.41, 5.74) is 3.55. The maximum atomic E-state index is 13.3. The van der Waals surface area contributed by atoms with Crippen LogP contribution in [0.3, 0.4) is 0 Å². The molecule has 0 aromatic heterocycles. The van der Waals surface area contributed by atoms with Gasteiger partial charge < -0.3 is 9.84 Å². The fourth-order valence-corrected chi connectivity index (χ4v) is 4.76. The van der Waals surface area contributed by atoms with Gasteiger partial charge in [0.2, 0.25) is 0 Å². The number of carbonyl (C=O) groups excluding carboxylic acids is 2. The summed E-state index contributed by atoms with van der Waals surface area (Å²) in [5.74, 6) is -0.861. The Morgan fingerprint density at radius 1 is 1.06 bits per heavy atom. The molecular weight excluding hydrogens is 438 g/mol. The third-order valence-electron chi connectivity index (χ3n) is 6.16. The van der Waals surface area contributed by atoms with Gasteiger partial charge in [-0.25, -0.2) is 0 Å². The second kappa shape index (κ2) is 8.09. The average molecular weight is 460 g/mol. The number of aliphatic hydroxyl groups excluding tert-OH is 1. The Labute approximate surface area is 196 Å². The fraction of sp³-hybridized carbons (Fsp3) is 0.185. The quantitative estimate of drug-likeness (QED) is 0.314. The van der Waals surface area contributed by atoms with Crippen molar-refractivity contribution in [3.63, 3.8) is 0 Å². The summed E-state index contributed by atoms with van der Waals surface area (Å²) in [5, 5.41) is 11.8. The van der Waals surface area contributed by atoms with Crippen LogP contribution < -0.4 is 9.64 Å². The molecule has 0 aliphatic carbocycles. The van der Waals surface area contributed by atoms with Gasteiger partial charge in [0.25, 0.3) is 11.7 Å². The number of aryl methyl sites for hydroxylation is 1. The summed E-state index contributed by atoms with van der Waals surface area (Å²) in [7, 11) is 0. The Balaban J connectivity index is 1.71. The summed E-state index contributed by atoms with van der Waals surface area (Å²) < 4.78 is 5.76. The first kappa shape index (κ1) is 21.3. The van der Waals surface area contributed by atoms with Gasteiger partial charge in [0, 0.05) is 22.7 Å². The number of nitrogens with zero attached hydrogens (tertiary/aromatic N) is 1. The molecule has 6 heteroatoms. The summed E-state index contributed by atoms with van der Waals surface area (Å²) in [6.45, 7) is 3.84. The second-order valence-electron chi connectivity index (χ2n) is 8.47. The molecule has 0 saturated carbocycles. The van der Waals surface area contributed by atoms with Gasteiger partial charge in [0.1, 0.15) is 17.6 Å². The lowest BCUT2D eigenvalue weighted by Gasteiger charge is -2.27. The number of ketones is 1. The van der Waals surface area contributed by atoms with E-state index in [1.54, 1.807) is 30.3 Å².